The maximum atomic E-state index is 13.0. The minimum Gasteiger partial charge on any atom is -0.354 e. The van der Waals surface area contributed by atoms with E-state index in [1.165, 1.54) is 46.0 Å². The van der Waals surface area contributed by atoms with Crippen LogP contribution >= 0.6 is 0 Å². The molecular weight excluding hydrogens is 535 g/mol. The van der Waals surface area contributed by atoms with Gasteiger partial charge in [0.25, 0.3) is 5.56 Å². The molecule has 4 rings (SSSR count). The fourth-order valence-electron chi connectivity index (χ4n) is 3.93. The molecule has 0 aliphatic heterocycles. The van der Waals surface area contributed by atoms with Crippen LogP contribution in [0, 0.1) is 0 Å². The molecule has 0 aliphatic carbocycles. The molecule has 0 unspecified atom stereocenters. The van der Waals surface area contributed by atoms with Crippen molar-refractivity contribution in [1.82, 2.24) is 24.6 Å². The zero-order valence-corrected chi connectivity index (χ0v) is 22.0. The summed E-state index contributed by atoms with van der Waals surface area (Å²) in [4.78, 5) is 29.7. The number of hydrogen-bond donors (Lipinski definition) is 1. The number of carbonyl (C=O) groups is 1. The van der Waals surface area contributed by atoms with Crippen LogP contribution in [0.2, 0.25) is 0 Å². The van der Waals surface area contributed by atoms with Crippen LogP contribution < -0.4 is 10.9 Å². The smallest absolute Gasteiger partial charge is 0.354 e. The van der Waals surface area contributed by atoms with Gasteiger partial charge in [-0.15, -0.1) is 0 Å². The van der Waals surface area contributed by atoms with Gasteiger partial charge in [-0.2, -0.15) is 18.3 Å². The molecule has 0 spiro atoms. The fraction of sp³-hybridized carbons (Fsp3) is 0.308. The lowest BCUT2D eigenvalue weighted by Crippen LogP contribution is -2.29. The zero-order chi connectivity index (χ0) is 28.4. The molecule has 0 saturated carbocycles. The van der Waals surface area contributed by atoms with Crippen molar-refractivity contribution < 1.29 is 26.4 Å². The lowest BCUT2D eigenvalue weighted by molar-refractivity contribution is -0.137. The van der Waals surface area contributed by atoms with Gasteiger partial charge in [0.1, 0.15) is 11.7 Å². The van der Waals surface area contributed by atoms with E-state index in [1.807, 2.05) is 0 Å². The largest absolute Gasteiger partial charge is 0.416 e. The van der Waals surface area contributed by atoms with E-state index in [2.05, 4.69) is 15.4 Å². The minimum atomic E-state index is -4.49. The van der Waals surface area contributed by atoms with Gasteiger partial charge in [0.05, 0.1) is 41.4 Å². The number of hydrogen-bond acceptors (Lipinski definition) is 6. The van der Waals surface area contributed by atoms with Crippen molar-refractivity contribution in [2.75, 3.05) is 6.54 Å². The molecule has 4 aromatic rings. The van der Waals surface area contributed by atoms with Crippen molar-refractivity contribution in [3.05, 3.63) is 88.1 Å². The molecule has 1 N–H and O–H groups in total. The van der Waals surface area contributed by atoms with E-state index >= 15 is 0 Å². The number of rotatable bonds is 9. The van der Waals surface area contributed by atoms with Crippen LogP contribution in [0.1, 0.15) is 30.5 Å². The quantitative estimate of drug-likeness (QED) is 0.336. The molecule has 1 amide bonds. The molecule has 0 aliphatic rings. The summed E-state index contributed by atoms with van der Waals surface area (Å²) in [5.74, 6) is -0.276. The number of benzene rings is 2. The maximum Gasteiger partial charge on any atom is 0.416 e. The second kappa shape index (κ2) is 11.0. The lowest BCUT2D eigenvalue weighted by atomic mass is 10.1. The van der Waals surface area contributed by atoms with Gasteiger partial charge in [0.15, 0.2) is 15.5 Å². The molecular formula is C26H26F3N5O4S. The Hall–Kier alpha value is -4.00. The predicted octanol–water partition coefficient (Wildman–Crippen LogP) is 3.20. The number of halogens is 3. The second-order valence-electron chi connectivity index (χ2n) is 9.25. The molecule has 0 saturated heterocycles. The first-order valence-electron chi connectivity index (χ1n) is 12.0. The Morgan fingerprint density at radius 3 is 2.46 bits per heavy atom. The normalized spacial score (nSPS) is 12.3. The average molecular weight is 562 g/mol. The number of aromatic nitrogens is 4. The van der Waals surface area contributed by atoms with Crippen LogP contribution in [0.3, 0.4) is 0 Å². The average Bonchev–Trinajstić information content (AvgIpc) is 3.29. The van der Waals surface area contributed by atoms with Crippen LogP contribution in [0.4, 0.5) is 13.2 Å². The topological polar surface area (TPSA) is 116 Å². The van der Waals surface area contributed by atoms with Crippen molar-refractivity contribution in [3.63, 3.8) is 0 Å². The lowest BCUT2D eigenvalue weighted by Gasteiger charge is -2.10. The summed E-state index contributed by atoms with van der Waals surface area (Å²) in [5, 5.41) is 6.57. The summed E-state index contributed by atoms with van der Waals surface area (Å²) in [6.07, 6.45) is -1.84. The van der Waals surface area contributed by atoms with Gasteiger partial charge in [0, 0.05) is 6.54 Å². The molecule has 0 atom stereocenters. The third-order valence-electron chi connectivity index (χ3n) is 6.11. The third-order valence-corrected chi connectivity index (χ3v) is 8.28. The molecule has 0 fully saturated rings. The summed E-state index contributed by atoms with van der Waals surface area (Å²) >= 11 is 0. The summed E-state index contributed by atoms with van der Waals surface area (Å²) in [7, 11) is -3.39. The monoisotopic (exact) mass is 561 g/mol. The molecule has 39 heavy (non-hydrogen) atoms. The number of alkyl halides is 3. The molecule has 13 heteroatoms. The highest BCUT2D eigenvalue weighted by Gasteiger charge is 2.30. The summed E-state index contributed by atoms with van der Waals surface area (Å²) in [6, 6.07) is 10.9. The van der Waals surface area contributed by atoms with Gasteiger partial charge in [-0.3, -0.25) is 14.2 Å². The van der Waals surface area contributed by atoms with Gasteiger partial charge in [-0.25, -0.2) is 18.1 Å². The number of amides is 1. The van der Waals surface area contributed by atoms with Crippen molar-refractivity contribution in [2.24, 2.45) is 0 Å². The first kappa shape index (κ1) is 28.0. The van der Waals surface area contributed by atoms with Crippen LogP contribution in [0.5, 0.6) is 0 Å². The minimum absolute atomic E-state index is 0.0559. The fourth-order valence-corrected chi connectivity index (χ4v) is 4.99. The van der Waals surface area contributed by atoms with E-state index in [9.17, 15) is 31.2 Å². The van der Waals surface area contributed by atoms with Gasteiger partial charge in [-0.1, -0.05) is 24.3 Å². The first-order valence-corrected chi connectivity index (χ1v) is 13.6. The molecule has 2 heterocycles. The highest BCUT2D eigenvalue weighted by Crippen LogP contribution is 2.29. The van der Waals surface area contributed by atoms with Crippen molar-refractivity contribution in [3.8, 4) is 0 Å². The Labute approximate surface area is 222 Å². The van der Waals surface area contributed by atoms with Crippen LogP contribution in [0.15, 0.2) is 70.7 Å². The van der Waals surface area contributed by atoms with Crippen molar-refractivity contribution in [2.45, 2.75) is 49.7 Å². The Kier molecular flexibility index (Phi) is 7.91. The van der Waals surface area contributed by atoms with Gasteiger partial charge < -0.3 is 5.32 Å². The Balaban J connectivity index is 1.37. The van der Waals surface area contributed by atoms with Gasteiger partial charge in [-0.05, 0) is 49.2 Å². The molecule has 0 bridgehead atoms. The number of nitrogens with one attached hydrogen (secondary N) is 1. The summed E-state index contributed by atoms with van der Waals surface area (Å²) in [6.45, 7) is 3.55. The van der Waals surface area contributed by atoms with Crippen LogP contribution in [0.25, 0.3) is 11.0 Å². The number of fused-ring (bicyclic) bond motifs is 1. The molecule has 2 aromatic carbocycles. The predicted molar refractivity (Wildman–Crippen MR) is 138 cm³/mol. The zero-order valence-electron chi connectivity index (χ0n) is 21.1. The Bertz CT molecular complexity index is 1660. The van der Waals surface area contributed by atoms with E-state index in [0.29, 0.717) is 11.1 Å². The molecule has 9 nitrogen and oxygen atoms in total. The Morgan fingerprint density at radius 2 is 1.79 bits per heavy atom. The molecule has 0 radical (unpaired) electrons. The maximum absolute atomic E-state index is 13.0. The highest BCUT2D eigenvalue weighted by atomic mass is 32.2. The standard InChI is InChI=1S/C26H26F3N5O4S/c1-17(2)39(37,38)21-8-6-18(7-9-21)13-23(35)30-10-11-34-24-22(14-32-34)25(36)33(16-31-24)15-19-4-3-5-20(12-19)26(27,28)29/h3-9,12,14,16-17H,10-11,13,15H2,1-2H3,(H,30,35). The van der Waals surface area contributed by atoms with E-state index in [0.717, 1.165) is 12.1 Å². The second-order valence-corrected chi connectivity index (χ2v) is 11.7. The number of sulfone groups is 1. The van der Waals surface area contributed by atoms with E-state index in [4.69, 9.17) is 0 Å². The van der Waals surface area contributed by atoms with E-state index in [1.54, 1.807) is 26.0 Å². The first-order chi connectivity index (χ1) is 18.4. The molecule has 206 valence electrons. The highest BCUT2D eigenvalue weighted by molar-refractivity contribution is 7.92. The van der Waals surface area contributed by atoms with Gasteiger partial charge >= 0.3 is 6.18 Å². The summed E-state index contributed by atoms with van der Waals surface area (Å²) < 4.78 is 66.1. The SMILES string of the molecule is CC(C)S(=O)(=O)c1ccc(CC(=O)NCCn2ncc3c(=O)n(Cc4cccc(C(F)(F)F)c4)cnc32)cc1. The van der Waals surface area contributed by atoms with E-state index in [-0.39, 0.29) is 47.9 Å². The Morgan fingerprint density at radius 1 is 1.08 bits per heavy atom. The van der Waals surface area contributed by atoms with Gasteiger partial charge in [0.2, 0.25) is 5.91 Å². The summed E-state index contributed by atoms with van der Waals surface area (Å²) in [5.41, 5.74) is 0.00209. The van der Waals surface area contributed by atoms with E-state index < -0.39 is 32.4 Å². The molecule has 2 aromatic heterocycles. The van der Waals surface area contributed by atoms with Crippen molar-refractivity contribution >= 4 is 26.8 Å². The number of carbonyl (C=O) groups excluding carboxylic acids is 1. The number of nitrogens with zero attached hydrogens (tertiary/aromatic N) is 4. The third kappa shape index (κ3) is 6.36. The van der Waals surface area contributed by atoms with Crippen LogP contribution in [-0.4, -0.2) is 45.5 Å². The van der Waals surface area contributed by atoms with Crippen LogP contribution in [-0.2, 0) is 40.3 Å². The van der Waals surface area contributed by atoms with Crippen molar-refractivity contribution in [1.29, 1.82) is 0 Å².